The van der Waals surface area contributed by atoms with Crippen LogP contribution in [0.3, 0.4) is 0 Å². The van der Waals surface area contributed by atoms with Crippen molar-refractivity contribution in [3.63, 3.8) is 0 Å². The molecule has 0 amide bonds. The van der Waals surface area contributed by atoms with Crippen molar-refractivity contribution < 1.29 is 40.3 Å². The van der Waals surface area contributed by atoms with Gasteiger partial charge in [-0.25, -0.2) is 0 Å². The number of ether oxygens (including phenoxy) is 1. The first-order valence-corrected chi connectivity index (χ1v) is 3.63. The molecule has 1 aliphatic rings. The van der Waals surface area contributed by atoms with E-state index < -0.39 is 12.3 Å². The Labute approximate surface area is 82.3 Å². The van der Waals surface area contributed by atoms with Gasteiger partial charge in [0, 0.05) is 0 Å². The Morgan fingerprint density at radius 1 is 1.38 bits per heavy atom. The van der Waals surface area contributed by atoms with E-state index in [-0.39, 0.29) is 0 Å². The fourth-order valence-electron chi connectivity index (χ4n) is 0.480. The van der Waals surface area contributed by atoms with Crippen LogP contribution >= 0.6 is 0 Å². The average Bonchev–Trinajstić information content (AvgIpc) is 2.37. The van der Waals surface area contributed by atoms with Gasteiger partial charge in [0.1, 0.15) is 0 Å². The van der Waals surface area contributed by atoms with Crippen molar-refractivity contribution in [2.75, 3.05) is 0 Å². The molecule has 0 fully saturated rings. The van der Waals surface area contributed by atoms with E-state index in [0.29, 0.717) is 0 Å². The van der Waals surface area contributed by atoms with Crippen molar-refractivity contribution in [1.29, 1.82) is 0 Å². The molecule has 5 nitrogen and oxygen atoms in total. The first-order valence-electron chi connectivity index (χ1n) is 3.11. The molecule has 0 aromatic carbocycles. The van der Waals surface area contributed by atoms with Crippen molar-refractivity contribution in [3.8, 4) is 0 Å². The quantitative estimate of drug-likeness (QED) is 0.394. The fraction of sp³-hybridized carbons (Fsp3) is 0.143. The molecule has 0 heterocycles. The zero-order chi connectivity index (χ0) is 10.3. The molecule has 13 heavy (non-hydrogen) atoms. The predicted octanol–water partition coefficient (Wildman–Crippen LogP) is -0.933. The molecule has 72 valence electrons. The maximum absolute atomic E-state index is 9.06. The molecule has 0 saturated carbocycles. The molecule has 0 unspecified atom stereocenters. The van der Waals surface area contributed by atoms with Crippen LogP contribution in [0, 0.1) is 0 Å². The number of hydrogen-bond donors (Lipinski definition) is 0. The summed E-state index contributed by atoms with van der Waals surface area (Å²) in [5, 5.41) is 18.1. The van der Waals surface area contributed by atoms with Gasteiger partial charge in [-0.3, -0.25) is 0 Å². The standard InChI is InChI=1S/C5H5.C2H2O5.Co/c1-2-4-5-3-1;3-1(4)7-2(5)6;/h1-3H,4H2;(H,3,4)(H,5,6);/q;;+2/p-2. The average molecular weight is 228 g/mol. The van der Waals surface area contributed by atoms with Crippen molar-refractivity contribution in [2.24, 2.45) is 0 Å². The van der Waals surface area contributed by atoms with Crippen LogP contribution in [0.15, 0.2) is 22.7 Å². The molecule has 0 aliphatic heterocycles. The number of carbonyl (C=O) groups is 2. The second-order valence-electron chi connectivity index (χ2n) is 1.82. The maximum atomic E-state index is 9.06. The van der Waals surface area contributed by atoms with E-state index in [9.17, 15) is 0 Å². The van der Waals surface area contributed by atoms with E-state index in [2.05, 4.69) is 26.6 Å². The van der Waals surface area contributed by atoms with Crippen molar-refractivity contribution >= 4 is 12.3 Å². The monoisotopic (exact) mass is 228 g/mol. The molecule has 0 saturated heterocycles. The SMILES string of the molecule is O=C([O-])OC(=O)[O-].[Co+2][C]1=CC=CC1. The van der Waals surface area contributed by atoms with Gasteiger partial charge in [-0.2, -0.15) is 0 Å². The van der Waals surface area contributed by atoms with Gasteiger partial charge in [0.2, 0.25) is 0 Å². The number of rotatable bonds is 0. The molecule has 1 aliphatic carbocycles. The van der Waals surface area contributed by atoms with Crippen LogP contribution in [0.1, 0.15) is 6.42 Å². The van der Waals surface area contributed by atoms with E-state index in [1.807, 2.05) is 12.2 Å². The summed E-state index contributed by atoms with van der Waals surface area (Å²) in [6.45, 7) is 0. The molecule has 0 aromatic heterocycles. The van der Waals surface area contributed by atoms with E-state index in [0.717, 1.165) is 10.9 Å². The predicted molar refractivity (Wildman–Crippen MR) is 33.7 cm³/mol. The van der Waals surface area contributed by atoms with Crippen LogP contribution in [0.4, 0.5) is 9.59 Å². The van der Waals surface area contributed by atoms with Crippen molar-refractivity contribution in [1.82, 2.24) is 0 Å². The zero-order valence-corrected chi connectivity index (χ0v) is 7.35. The molecule has 0 bridgehead atoms. The summed E-state index contributed by atoms with van der Waals surface area (Å²) in [6, 6.07) is 0. The van der Waals surface area contributed by atoms with Crippen LogP contribution in [0.25, 0.3) is 0 Å². The Bertz CT molecular complexity index is 244. The number of carbonyl (C=O) groups excluding carboxylic acids is 2. The topological polar surface area (TPSA) is 89.5 Å². The molecular formula is C7H5CoO5. The number of carboxylic acid groups (broad SMARTS) is 2. The Morgan fingerprint density at radius 2 is 1.92 bits per heavy atom. The number of allylic oxidation sites excluding steroid dienone is 4. The minimum atomic E-state index is -2.12. The normalized spacial score (nSPS) is 12.5. The molecular weight excluding hydrogens is 223 g/mol. The molecule has 0 atom stereocenters. The Balaban J connectivity index is 0.000000223. The Morgan fingerprint density at radius 3 is 2.00 bits per heavy atom. The van der Waals surface area contributed by atoms with E-state index in [1.54, 1.807) is 0 Å². The second-order valence-corrected chi connectivity index (χ2v) is 2.49. The molecule has 0 radical (unpaired) electrons. The van der Waals surface area contributed by atoms with Crippen molar-refractivity contribution in [3.05, 3.63) is 22.7 Å². The van der Waals surface area contributed by atoms with Gasteiger partial charge in [-0.05, 0) is 0 Å². The summed E-state index contributed by atoms with van der Waals surface area (Å²) in [5.74, 6) is 0. The number of hydrogen-bond acceptors (Lipinski definition) is 5. The van der Waals surface area contributed by atoms with Crippen LogP contribution in [0.5, 0.6) is 0 Å². The molecule has 6 heteroatoms. The first-order chi connectivity index (χ1) is 6.02. The van der Waals surface area contributed by atoms with Gasteiger partial charge in [0.15, 0.2) is 0 Å². The van der Waals surface area contributed by atoms with Crippen molar-refractivity contribution in [2.45, 2.75) is 6.42 Å². The van der Waals surface area contributed by atoms with Crippen LogP contribution < -0.4 is 10.2 Å². The van der Waals surface area contributed by atoms with Crippen LogP contribution in [0.2, 0.25) is 0 Å². The van der Waals surface area contributed by atoms with Gasteiger partial charge in [-0.15, -0.1) is 0 Å². The summed E-state index contributed by atoms with van der Waals surface area (Å²) < 4.78 is 4.02. The van der Waals surface area contributed by atoms with Crippen LogP contribution in [-0.2, 0) is 20.5 Å². The first kappa shape index (κ1) is 11.7. The summed E-state index contributed by atoms with van der Waals surface area (Å²) in [7, 11) is 0. The van der Waals surface area contributed by atoms with Gasteiger partial charge >= 0.3 is 44.9 Å². The summed E-state index contributed by atoms with van der Waals surface area (Å²) in [6.07, 6.45) is 2.88. The third kappa shape index (κ3) is 8.63. The molecule has 0 N–H and O–H groups in total. The second kappa shape index (κ2) is 6.27. The zero-order valence-electron chi connectivity index (χ0n) is 6.31. The Kier molecular flexibility index (Phi) is 5.65. The van der Waals surface area contributed by atoms with E-state index in [4.69, 9.17) is 19.8 Å². The van der Waals surface area contributed by atoms with E-state index >= 15 is 0 Å². The minimum absolute atomic E-state index is 1.03. The molecule has 0 spiro atoms. The van der Waals surface area contributed by atoms with Gasteiger partial charge in [0.05, 0.1) is 0 Å². The van der Waals surface area contributed by atoms with Gasteiger partial charge in [0.25, 0.3) is 12.3 Å². The fourth-order valence-corrected chi connectivity index (χ4v) is 0.702. The molecule has 0 aromatic rings. The third-order valence-corrected chi connectivity index (χ3v) is 1.26. The Hall–Kier alpha value is -1.27. The molecule has 1 rings (SSSR count). The summed E-state index contributed by atoms with van der Waals surface area (Å²) in [5.41, 5.74) is 0. The van der Waals surface area contributed by atoms with Crippen LogP contribution in [-0.4, -0.2) is 12.3 Å². The summed E-state index contributed by atoms with van der Waals surface area (Å²) >= 11 is 4.14. The van der Waals surface area contributed by atoms with E-state index in [1.165, 1.54) is 0 Å². The van der Waals surface area contributed by atoms with Gasteiger partial charge < -0.3 is 24.5 Å². The van der Waals surface area contributed by atoms with Gasteiger partial charge in [-0.1, -0.05) is 0 Å². The third-order valence-electron chi connectivity index (χ3n) is 0.876. The summed E-state index contributed by atoms with van der Waals surface area (Å²) in [4.78, 5) is 18.1.